The molecule has 0 saturated carbocycles. The van der Waals surface area contributed by atoms with Crippen LogP contribution in [0.4, 0.5) is 5.69 Å². The summed E-state index contributed by atoms with van der Waals surface area (Å²) in [7, 11) is 0. The van der Waals surface area contributed by atoms with E-state index in [0.29, 0.717) is 5.69 Å². The minimum atomic E-state index is -0.700. The van der Waals surface area contributed by atoms with Crippen LogP contribution in [0.15, 0.2) is 36.4 Å². The highest BCUT2D eigenvalue weighted by molar-refractivity contribution is 6.43. The largest absolute Gasteiger partial charge is 0.452 e. The maximum Gasteiger partial charge on any atom is 0.340 e. The third-order valence-electron chi connectivity index (χ3n) is 3.38. The number of carbonyl (C=O) groups is 2. The molecule has 1 N–H and O–H groups in total. The molecule has 0 fully saturated rings. The van der Waals surface area contributed by atoms with Crippen LogP contribution >= 0.6 is 23.2 Å². The van der Waals surface area contributed by atoms with Crippen molar-refractivity contribution >= 4 is 40.8 Å². The molecule has 4 nitrogen and oxygen atoms in total. The molecule has 23 heavy (non-hydrogen) atoms. The number of carbonyl (C=O) groups excluding carboxylic acids is 2. The van der Waals surface area contributed by atoms with Crippen molar-refractivity contribution in [1.82, 2.24) is 0 Å². The molecule has 2 aromatic rings. The normalized spacial score (nSPS) is 10.3. The van der Waals surface area contributed by atoms with Gasteiger partial charge < -0.3 is 10.1 Å². The molecule has 120 valence electrons. The predicted molar refractivity (Wildman–Crippen MR) is 91.3 cm³/mol. The second kappa shape index (κ2) is 7.49. The third-order valence-corrected chi connectivity index (χ3v) is 4.20. The van der Waals surface area contributed by atoms with Crippen molar-refractivity contribution in [3.8, 4) is 0 Å². The number of ether oxygens (including phenoxy) is 1. The number of esters is 1. The number of nitrogens with one attached hydrogen (secondary N) is 1. The van der Waals surface area contributed by atoms with Crippen molar-refractivity contribution < 1.29 is 14.3 Å². The molecule has 0 atom stereocenters. The van der Waals surface area contributed by atoms with Crippen LogP contribution in [0.1, 0.15) is 21.5 Å². The van der Waals surface area contributed by atoms with Gasteiger partial charge in [0.25, 0.3) is 5.91 Å². The molecule has 0 aliphatic carbocycles. The van der Waals surface area contributed by atoms with E-state index in [9.17, 15) is 9.59 Å². The average molecular weight is 352 g/mol. The fourth-order valence-corrected chi connectivity index (χ4v) is 2.32. The summed E-state index contributed by atoms with van der Waals surface area (Å²) in [5, 5.41) is 3.07. The van der Waals surface area contributed by atoms with Crippen LogP contribution < -0.4 is 5.32 Å². The fraction of sp³-hybridized carbons (Fsp3) is 0.176. The molecule has 0 radical (unpaired) electrons. The lowest BCUT2D eigenvalue weighted by atomic mass is 10.1. The zero-order valence-corrected chi connectivity index (χ0v) is 14.2. The van der Waals surface area contributed by atoms with E-state index >= 15 is 0 Å². The molecule has 1 amide bonds. The van der Waals surface area contributed by atoms with Gasteiger partial charge in [-0.05, 0) is 43.2 Å². The highest BCUT2D eigenvalue weighted by Crippen LogP contribution is 2.26. The highest BCUT2D eigenvalue weighted by atomic mass is 35.5. The number of halogens is 2. The van der Waals surface area contributed by atoms with Gasteiger partial charge in [0.2, 0.25) is 0 Å². The molecular formula is C17H15Cl2NO3. The van der Waals surface area contributed by atoms with E-state index in [2.05, 4.69) is 5.32 Å². The molecule has 0 aliphatic rings. The summed E-state index contributed by atoms with van der Waals surface area (Å²) < 4.78 is 4.97. The Morgan fingerprint density at radius 3 is 2.52 bits per heavy atom. The number of hydrogen-bond donors (Lipinski definition) is 1. The van der Waals surface area contributed by atoms with Gasteiger partial charge in [-0.15, -0.1) is 0 Å². The number of benzene rings is 2. The quantitative estimate of drug-likeness (QED) is 0.830. The molecule has 2 aromatic carbocycles. The van der Waals surface area contributed by atoms with Crippen LogP contribution in [0.2, 0.25) is 10.0 Å². The summed E-state index contributed by atoms with van der Waals surface area (Å²) in [5.74, 6) is -1.13. The zero-order valence-electron chi connectivity index (χ0n) is 12.7. The van der Waals surface area contributed by atoms with Gasteiger partial charge in [-0.3, -0.25) is 4.79 Å². The number of aryl methyl sites for hydroxylation is 1. The number of hydrogen-bond acceptors (Lipinski definition) is 3. The highest BCUT2D eigenvalue weighted by Gasteiger charge is 2.15. The topological polar surface area (TPSA) is 55.4 Å². The van der Waals surface area contributed by atoms with Crippen LogP contribution in [0.5, 0.6) is 0 Å². The average Bonchev–Trinajstić information content (AvgIpc) is 2.52. The minimum Gasteiger partial charge on any atom is -0.452 e. The second-order valence-corrected chi connectivity index (χ2v) is 5.76. The summed E-state index contributed by atoms with van der Waals surface area (Å²) in [6, 6.07) is 10.2. The molecule has 0 bridgehead atoms. The van der Waals surface area contributed by atoms with E-state index in [4.69, 9.17) is 27.9 Å². The van der Waals surface area contributed by atoms with Crippen molar-refractivity contribution in [2.75, 3.05) is 11.9 Å². The van der Waals surface area contributed by atoms with Gasteiger partial charge >= 0.3 is 5.97 Å². The minimum absolute atomic E-state index is 0.106. The predicted octanol–water partition coefficient (Wildman–Crippen LogP) is 4.41. The molecular weight excluding hydrogens is 337 g/mol. The summed E-state index contributed by atoms with van der Waals surface area (Å²) in [6.45, 7) is 3.45. The van der Waals surface area contributed by atoms with E-state index in [1.54, 1.807) is 18.2 Å². The van der Waals surface area contributed by atoms with Gasteiger partial charge in [-0.25, -0.2) is 4.79 Å². The van der Waals surface area contributed by atoms with E-state index < -0.39 is 18.5 Å². The Hall–Kier alpha value is -2.04. The van der Waals surface area contributed by atoms with Gasteiger partial charge in [-0.1, -0.05) is 41.4 Å². The number of anilines is 1. The first-order valence-corrected chi connectivity index (χ1v) is 7.63. The van der Waals surface area contributed by atoms with Crippen molar-refractivity contribution in [2.45, 2.75) is 13.8 Å². The monoisotopic (exact) mass is 351 g/mol. The SMILES string of the molecule is Cc1cccc(NC(=O)COC(=O)c2cccc(Cl)c2Cl)c1C. The Morgan fingerprint density at radius 2 is 1.78 bits per heavy atom. The summed E-state index contributed by atoms with van der Waals surface area (Å²) in [4.78, 5) is 23.9. The van der Waals surface area contributed by atoms with Gasteiger partial charge in [0, 0.05) is 5.69 Å². The first-order chi connectivity index (χ1) is 10.9. The first-order valence-electron chi connectivity index (χ1n) is 6.87. The van der Waals surface area contributed by atoms with E-state index in [1.807, 2.05) is 26.0 Å². The lowest BCUT2D eigenvalue weighted by Crippen LogP contribution is -2.21. The standard InChI is InChI=1S/C17H15Cl2NO3/c1-10-5-3-8-14(11(10)2)20-15(21)9-23-17(22)12-6-4-7-13(18)16(12)19/h3-8H,9H2,1-2H3,(H,20,21). The smallest absolute Gasteiger partial charge is 0.340 e. The zero-order chi connectivity index (χ0) is 17.0. The number of amides is 1. The van der Waals surface area contributed by atoms with Crippen molar-refractivity contribution in [1.29, 1.82) is 0 Å². The van der Waals surface area contributed by atoms with Gasteiger partial charge in [0.05, 0.1) is 15.6 Å². The van der Waals surface area contributed by atoms with Gasteiger partial charge in [0.1, 0.15) is 0 Å². The van der Waals surface area contributed by atoms with Crippen LogP contribution in [-0.4, -0.2) is 18.5 Å². The van der Waals surface area contributed by atoms with E-state index in [1.165, 1.54) is 6.07 Å². The van der Waals surface area contributed by atoms with Crippen LogP contribution in [0.3, 0.4) is 0 Å². The molecule has 2 rings (SSSR count). The Labute approximate surface area is 144 Å². The lowest BCUT2D eigenvalue weighted by molar-refractivity contribution is -0.119. The summed E-state index contributed by atoms with van der Waals surface area (Å²) in [6.07, 6.45) is 0. The summed E-state index contributed by atoms with van der Waals surface area (Å²) in [5.41, 5.74) is 2.83. The molecule has 0 spiro atoms. The molecule has 0 aromatic heterocycles. The van der Waals surface area contributed by atoms with Crippen molar-refractivity contribution in [2.24, 2.45) is 0 Å². The van der Waals surface area contributed by atoms with Gasteiger partial charge in [-0.2, -0.15) is 0 Å². The molecule has 6 heteroatoms. The molecule has 0 unspecified atom stereocenters. The lowest BCUT2D eigenvalue weighted by Gasteiger charge is -2.11. The van der Waals surface area contributed by atoms with Crippen molar-refractivity contribution in [3.05, 3.63) is 63.1 Å². The summed E-state index contributed by atoms with van der Waals surface area (Å²) >= 11 is 11.8. The molecule has 0 aliphatic heterocycles. The number of rotatable bonds is 4. The fourth-order valence-electron chi connectivity index (χ4n) is 1.94. The Kier molecular flexibility index (Phi) is 5.64. The van der Waals surface area contributed by atoms with E-state index in [0.717, 1.165) is 11.1 Å². The van der Waals surface area contributed by atoms with E-state index in [-0.39, 0.29) is 15.6 Å². The van der Waals surface area contributed by atoms with Crippen LogP contribution in [0.25, 0.3) is 0 Å². The van der Waals surface area contributed by atoms with Crippen molar-refractivity contribution in [3.63, 3.8) is 0 Å². The van der Waals surface area contributed by atoms with Crippen LogP contribution in [-0.2, 0) is 9.53 Å². The second-order valence-electron chi connectivity index (χ2n) is 4.97. The maximum absolute atomic E-state index is 12.0. The Balaban J connectivity index is 1.98. The Morgan fingerprint density at radius 1 is 1.09 bits per heavy atom. The molecule has 0 saturated heterocycles. The first kappa shape index (κ1) is 17.3. The van der Waals surface area contributed by atoms with Crippen LogP contribution in [0, 0.1) is 13.8 Å². The van der Waals surface area contributed by atoms with Gasteiger partial charge in [0.15, 0.2) is 6.61 Å². The third kappa shape index (κ3) is 4.24. The maximum atomic E-state index is 12.0. The molecule has 0 heterocycles. The Bertz CT molecular complexity index is 759.